The number of hydrogen-bond donors (Lipinski definition) is 2. The Morgan fingerprint density at radius 1 is 1.44 bits per heavy atom. The van der Waals surface area contributed by atoms with Crippen molar-refractivity contribution in [2.24, 2.45) is 0 Å². The van der Waals surface area contributed by atoms with Gasteiger partial charge in [-0.05, 0) is 32.9 Å². The van der Waals surface area contributed by atoms with Crippen LogP contribution >= 0.6 is 0 Å². The predicted molar refractivity (Wildman–Crippen MR) is 66.4 cm³/mol. The summed E-state index contributed by atoms with van der Waals surface area (Å²) in [6, 6.07) is 0.567. The van der Waals surface area contributed by atoms with Crippen molar-refractivity contribution in [3.05, 3.63) is 0 Å². The Bertz CT molecular complexity index is 208. The number of carbonyl (C=O) groups excluding carboxylic acids is 1. The van der Waals surface area contributed by atoms with Gasteiger partial charge >= 0.3 is 0 Å². The highest BCUT2D eigenvalue weighted by Gasteiger charge is 2.16. The van der Waals surface area contributed by atoms with E-state index in [1.165, 1.54) is 19.4 Å². The van der Waals surface area contributed by atoms with Crippen molar-refractivity contribution in [2.75, 3.05) is 33.2 Å². The molecule has 1 aliphatic heterocycles. The van der Waals surface area contributed by atoms with E-state index in [0.717, 1.165) is 26.1 Å². The summed E-state index contributed by atoms with van der Waals surface area (Å²) in [6.45, 7) is 5.97. The van der Waals surface area contributed by atoms with Gasteiger partial charge in [0.15, 0.2) is 0 Å². The minimum absolute atomic E-state index is 0.165. The van der Waals surface area contributed by atoms with Crippen LogP contribution in [-0.2, 0) is 4.79 Å². The first-order valence-corrected chi connectivity index (χ1v) is 6.41. The van der Waals surface area contributed by atoms with Gasteiger partial charge in [0.25, 0.3) is 0 Å². The molecular weight excluding hydrogens is 202 g/mol. The molecule has 94 valence electrons. The van der Waals surface area contributed by atoms with Crippen molar-refractivity contribution in [2.45, 2.75) is 38.6 Å². The van der Waals surface area contributed by atoms with Crippen molar-refractivity contribution in [3.63, 3.8) is 0 Å². The summed E-state index contributed by atoms with van der Waals surface area (Å²) in [4.78, 5) is 13.7. The van der Waals surface area contributed by atoms with Crippen molar-refractivity contribution < 1.29 is 4.79 Å². The average molecular weight is 227 g/mol. The fraction of sp³-hybridized carbons (Fsp3) is 0.917. The highest BCUT2D eigenvalue weighted by molar-refractivity contribution is 5.75. The van der Waals surface area contributed by atoms with E-state index >= 15 is 0 Å². The lowest BCUT2D eigenvalue weighted by Crippen LogP contribution is -2.44. The van der Waals surface area contributed by atoms with Crippen LogP contribution in [0.15, 0.2) is 0 Å². The summed E-state index contributed by atoms with van der Waals surface area (Å²) in [7, 11) is 2.15. The summed E-state index contributed by atoms with van der Waals surface area (Å²) in [5.41, 5.74) is 0. The molecule has 0 spiro atoms. The zero-order valence-electron chi connectivity index (χ0n) is 10.6. The molecule has 0 radical (unpaired) electrons. The fourth-order valence-corrected chi connectivity index (χ4v) is 2.08. The van der Waals surface area contributed by atoms with Crippen LogP contribution < -0.4 is 10.6 Å². The lowest BCUT2D eigenvalue weighted by Gasteiger charge is -2.30. The van der Waals surface area contributed by atoms with Gasteiger partial charge in [-0.25, -0.2) is 0 Å². The second-order valence-electron chi connectivity index (χ2n) is 4.66. The smallest absolute Gasteiger partial charge is 0.221 e. The number of hydrogen-bond acceptors (Lipinski definition) is 3. The molecule has 1 rings (SSSR count). The van der Waals surface area contributed by atoms with Gasteiger partial charge in [-0.15, -0.1) is 0 Å². The summed E-state index contributed by atoms with van der Waals surface area (Å²) in [5, 5.41) is 6.35. The minimum atomic E-state index is 0.165. The first kappa shape index (κ1) is 13.5. The monoisotopic (exact) mass is 227 g/mol. The Hall–Kier alpha value is -0.610. The predicted octanol–water partition coefficient (Wildman–Crippen LogP) is 0.587. The zero-order valence-corrected chi connectivity index (χ0v) is 10.6. The van der Waals surface area contributed by atoms with Gasteiger partial charge in [0.05, 0.1) is 0 Å². The Morgan fingerprint density at radius 2 is 2.25 bits per heavy atom. The second-order valence-corrected chi connectivity index (χ2v) is 4.66. The molecule has 0 aromatic heterocycles. The summed E-state index contributed by atoms with van der Waals surface area (Å²) in [5.74, 6) is 0.165. The summed E-state index contributed by atoms with van der Waals surface area (Å²) in [6.07, 6.45) is 4.10. The topological polar surface area (TPSA) is 44.4 Å². The third kappa shape index (κ3) is 5.47. The number of carbonyl (C=O) groups is 1. The van der Waals surface area contributed by atoms with Crippen molar-refractivity contribution >= 4 is 5.91 Å². The third-order valence-electron chi connectivity index (χ3n) is 2.98. The molecule has 0 aliphatic carbocycles. The molecular formula is C12H25N3O. The van der Waals surface area contributed by atoms with Gasteiger partial charge in [0.2, 0.25) is 5.91 Å². The van der Waals surface area contributed by atoms with E-state index in [1.807, 2.05) is 0 Å². The molecule has 1 atom stereocenters. The van der Waals surface area contributed by atoms with Crippen LogP contribution in [0.5, 0.6) is 0 Å². The van der Waals surface area contributed by atoms with Crippen LogP contribution in [0.4, 0.5) is 0 Å². The van der Waals surface area contributed by atoms with Crippen LogP contribution in [0, 0.1) is 0 Å². The first-order chi connectivity index (χ1) is 7.72. The van der Waals surface area contributed by atoms with Crippen LogP contribution in [0.3, 0.4) is 0 Å². The molecule has 2 N–H and O–H groups in total. The first-order valence-electron chi connectivity index (χ1n) is 6.41. The molecule has 1 amide bonds. The van der Waals surface area contributed by atoms with E-state index in [-0.39, 0.29) is 5.91 Å². The molecule has 16 heavy (non-hydrogen) atoms. The third-order valence-corrected chi connectivity index (χ3v) is 2.98. The van der Waals surface area contributed by atoms with Gasteiger partial charge in [0.1, 0.15) is 0 Å². The summed E-state index contributed by atoms with van der Waals surface area (Å²) < 4.78 is 0. The van der Waals surface area contributed by atoms with Crippen LogP contribution in [0.2, 0.25) is 0 Å². The maximum absolute atomic E-state index is 11.3. The van der Waals surface area contributed by atoms with E-state index in [1.54, 1.807) is 0 Å². The largest absolute Gasteiger partial charge is 0.356 e. The van der Waals surface area contributed by atoms with Gasteiger partial charge in [-0.1, -0.05) is 6.92 Å². The second kappa shape index (κ2) is 7.63. The van der Waals surface area contributed by atoms with Crippen molar-refractivity contribution in [3.8, 4) is 0 Å². The number of likely N-dealkylation sites (tertiary alicyclic amines) is 1. The fourth-order valence-electron chi connectivity index (χ4n) is 2.08. The Kier molecular flexibility index (Phi) is 6.42. The van der Waals surface area contributed by atoms with E-state index in [9.17, 15) is 4.79 Å². The van der Waals surface area contributed by atoms with Crippen molar-refractivity contribution in [1.29, 1.82) is 0 Å². The van der Waals surface area contributed by atoms with Crippen LogP contribution in [0.25, 0.3) is 0 Å². The Morgan fingerprint density at radius 3 is 2.94 bits per heavy atom. The quantitative estimate of drug-likeness (QED) is 0.698. The number of nitrogens with zero attached hydrogens (tertiary/aromatic N) is 1. The van der Waals surface area contributed by atoms with E-state index in [4.69, 9.17) is 0 Å². The molecule has 0 aromatic rings. The van der Waals surface area contributed by atoms with Gasteiger partial charge in [0, 0.05) is 32.1 Å². The van der Waals surface area contributed by atoms with Gasteiger partial charge in [-0.2, -0.15) is 0 Å². The highest BCUT2D eigenvalue weighted by atomic mass is 16.1. The standard InChI is InChI=1S/C12H25N3O/c1-3-7-14-12(16)6-8-13-11-5-4-9-15(2)10-11/h11,13H,3-10H2,1-2H3,(H,14,16). The zero-order chi connectivity index (χ0) is 11.8. The number of rotatable bonds is 6. The molecule has 1 fully saturated rings. The molecule has 1 heterocycles. The Labute approximate surface area is 98.8 Å². The molecule has 4 heteroatoms. The molecule has 0 aromatic carbocycles. The maximum atomic E-state index is 11.3. The SMILES string of the molecule is CCCNC(=O)CCNC1CCCN(C)C1. The summed E-state index contributed by atoms with van der Waals surface area (Å²) >= 11 is 0. The number of piperidine rings is 1. The molecule has 1 unspecified atom stereocenters. The van der Waals surface area contributed by atoms with E-state index in [0.29, 0.717) is 12.5 Å². The average Bonchev–Trinajstić information content (AvgIpc) is 2.26. The van der Waals surface area contributed by atoms with E-state index < -0.39 is 0 Å². The van der Waals surface area contributed by atoms with Crippen molar-refractivity contribution in [1.82, 2.24) is 15.5 Å². The van der Waals surface area contributed by atoms with Gasteiger partial charge in [-0.3, -0.25) is 4.79 Å². The van der Waals surface area contributed by atoms with E-state index in [2.05, 4.69) is 29.5 Å². The molecule has 4 nitrogen and oxygen atoms in total. The van der Waals surface area contributed by atoms with Crippen LogP contribution in [-0.4, -0.2) is 50.1 Å². The van der Waals surface area contributed by atoms with Crippen LogP contribution in [0.1, 0.15) is 32.6 Å². The lowest BCUT2D eigenvalue weighted by atomic mass is 10.1. The number of likely N-dealkylation sites (N-methyl/N-ethyl adjacent to an activating group) is 1. The highest BCUT2D eigenvalue weighted by Crippen LogP contribution is 2.07. The Balaban J connectivity index is 2.03. The molecule has 0 bridgehead atoms. The van der Waals surface area contributed by atoms with Gasteiger partial charge < -0.3 is 15.5 Å². The minimum Gasteiger partial charge on any atom is -0.356 e. The number of nitrogens with one attached hydrogen (secondary N) is 2. The normalized spacial score (nSPS) is 22.0. The maximum Gasteiger partial charge on any atom is 0.221 e. The molecule has 0 saturated carbocycles. The molecule has 1 saturated heterocycles. The molecule has 1 aliphatic rings. The number of amides is 1. The lowest BCUT2D eigenvalue weighted by molar-refractivity contribution is -0.121.